The number of hydrogen-bond acceptors (Lipinski definition) is 6. The van der Waals surface area contributed by atoms with Crippen LogP contribution in [0.1, 0.15) is 0 Å². The molecular weight excluding hydrogens is 230 g/mol. The minimum atomic E-state index is -1.62. The molecule has 1 atom stereocenters. The summed E-state index contributed by atoms with van der Waals surface area (Å²) >= 11 is 6.65. The molecule has 1 unspecified atom stereocenters. The van der Waals surface area contributed by atoms with E-state index in [2.05, 4.69) is 9.91 Å². The Bertz CT molecular complexity index is 224. The van der Waals surface area contributed by atoms with Crippen molar-refractivity contribution in [1.82, 2.24) is 0 Å². The van der Waals surface area contributed by atoms with Crippen molar-refractivity contribution in [3.63, 3.8) is 0 Å². The lowest BCUT2D eigenvalue weighted by molar-refractivity contribution is -0.146. The fourth-order valence-electron chi connectivity index (χ4n) is 0.611. The molecule has 0 bridgehead atoms. The number of ketones is 1. The van der Waals surface area contributed by atoms with Gasteiger partial charge in [0, 0.05) is 5.75 Å². The third-order valence-electron chi connectivity index (χ3n) is 1.30. The van der Waals surface area contributed by atoms with Crippen molar-refractivity contribution in [2.75, 3.05) is 24.5 Å². The van der Waals surface area contributed by atoms with E-state index in [1.807, 2.05) is 6.26 Å². The molecule has 0 fully saturated rings. The van der Waals surface area contributed by atoms with E-state index in [4.69, 9.17) is 11.6 Å². The average molecular weight is 240 g/mol. The summed E-state index contributed by atoms with van der Waals surface area (Å²) in [5.41, 5.74) is 0. The van der Waals surface area contributed by atoms with Gasteiger partial charge >= 0.3 is 5.97 Å². The van der Waals surface area contributed by atoms with Gasteiger partial charge in [-0.05, 0) is 11.4 Å². The van der Waals surface area contributed by atoms with E-state index in [1.165, 1.54) is 11.8 Å². The molecule has 0 saturated heterocycles. The smallest absolute Gasteiger partial charge is 0.342 e. The molecule has 0 aromatic heterocycles. The van der Waals surface area contributed by atoms with Gasteiger partial charge in [0.05, 0.1) is 5.88 Å². The molecule has 5 nitrogen and oxygen atoms in total. The fourth-order valence-corrected chi connectivity index (χ4v) is 1.01. The SMILES string of the molecule is CSCCOC(=O)C(N=O)C(=O)CCl. The molecule has 0 aliphatic rings. The molecule has 0 rings (SSSR count). The number of ether oxygens (including phenoxy) is 1. The van der Waals surface area contributed by atoms with Crippen LogP contribution in [0.25, 0.3) is 0 Å². The first-order valence-electron chi connectivity index (χ1n) is 3.74. The minimum Gasteiger partial charge on any atom is -0.463 e. The van der Waals surface area contributed by atoms with Crippen LogP contribution in [0.4, 0.5) is 0 Å². The van der Waals surface area contributed by atoms with Gasteiger partial charge in [0.15, 0.2) is 5.78 Å². The zero-order valence-electron chi connectivity index (χ0n) is 7.57. The van der Waals surface area contributed by atoms with Crippen LogP contribution in [0, 0.1) is 4.91 Å². The highest BCUT2D eigenvalue weighted by Crippen LogP contribution is 2.00. The van der Waals surface area contributed by atoms with Crippen molar-refractivity contribution < 1.29 is 14.3 Å². The maximum absolute atomic E-state index is 11.0. The quantitative estimate of drug-likeness (QED) is 0.216. The van der Waals surface area contributed by atoms with E-state index in [0.29, 0.717) is 5.75 Å². The molecular formula is C7H10ClNO4S. The molecule has 0 radical (unpaired) electrons. The number of rotatable bonds is 7. The van der Waals surface area contributed by atoms with Gasteiger partial charge in [-0.1, -0.05) is 0 Å². The Morgan fingerprint density at radius 2 is 2.21 bits per heavy atom. The van der Waals surface area contributed by atoms with Crippen LogP contribution < -0.4 is 0 Å². The number of alkyl halides is 1. The normalized spacial score (nSPS) is 11.9. The number of Topliss-reactive ketones (excluding diaryl/α,β-unsaturated/α-hetero) is 1. The summed E-state index contributed by atoms with van der Waals surface area (Å²) in [6, 6.07) is -1.62. The topological polar surface area (TPSA) is 72.8 Å². The molecule has 0 amide bonds. The van der Waals surface area contributed by atoms with Crippen molar-refractivity contribution in [2.45, 2.75) is 6.04 Å². The lowest BCUT2D eigenvalue weighted by Crippen LogP contribution is -2.31. The Morgan fingerprint density at radius 1 is 1.57 bits per heavy atom. The fraction of sp³-hybridized carbons (Fsp3) is 0.714. The maximum Gasteiger partial charge on any atom is 0.342 e. The largest absolute Gasteiger partial charge is 0.463 e. The number of nitrogens with zero attached hydrogens (tertiary/aromatic N) is 1. The zero-order chi connectivity index (χ0) is 11.0. The third kappa shape index (κ3) is 4.57. The number of esters is 1. The Morgan fingerprint density at radius 3 is 2.64 bits per heavy atom. The van der Waals surface area contributed by atoms with Gasteiger partial charge in [0.1, 0.15) is 6.61 Å². The predicted octanol–water partition coefficient (Wildman–Crippen LogP) is 0.835. The summed E-state index contributed by atoms with van der Waals surface area (Å²) in [7, 11) is 0. The first-order chi connectivity index (χ1) is 6.67. The summed E-state index contributed by atoms with van der Waals surface area (Å²) in [6.07, 6.45) is 1.84. The van der Waals surface area contributed by atoms with Crippen molar-refractivity contribution in [3.8, 4) is 0 Å². The zero-order valence-corrected chi connectivity index (χ0v) is 9.14. The Hall–Kier alpha value is -0.620. The molecule has 0 aliphatic heterocycles. The van der Waals surface area contributed by atoms with E-state index in [0.717, 1.165) is 0 Å². The molecule has 0 aliphatic carbocycles. The van der Waals surface area contributed by atoms with Gasteiger partial charge in [-0.25, -0.2) is 4.79 Å². The molecule has 0 saturated carbocycles. The first-order valence-corrected chi connectivity index (χ1v) is 5.67. The average Bonchev–Trinajstić information content (AvgIpc) is 2.19. The number of carbonyl (C=O) groups is 2. The molecule has 7 heteroatoms. The van der Waals surface area contributed by atoms with Gasteiger partial charge < -0.3 is 4.74 Å². The van der Waals surface area contributed by atoms with E-state index in [-0.39, 0.29) is 6.61 Å². The van der Waals surface area contributed by atoms with E-state index in [9.17, 15) is 14.5 Å². The van der Waals surface area contributed by atoms with Crippen LogP contribution in [0.2, 0.25) is 0 Å². The monoisotopic (exact) mass is 239 g/mol. The molecule has 0 N–H and O–H groups in total. The van der Waals surface area contributed by atoms with Crippen molar-refractivity contribution in [2.24, 2.45) is 5.18 Å². The number of nitroso groups, excluding NO2 is 1. The second-order valence-corrected chi connectivity index (χ2v) is 3.52. The van der Waals surface area contributed by atoms with Crippen molar-refractivity contribution in [3.05, 3.63) is 4.91 Å². The van der Waals surface area contributed by atoms with Gasteiger partial charge in [-0.15, -0.1) is 16.5 Å². The summed E-state index contributed by atoms with van der Waals surface area (Å²) in [4.78, 5) is 32.1. The van der Waals surface area contributed by atoms with Gasteiger partial charge in [0.25, 0.3) is 0 Å². The summed E-state index contributed by atoms with van der Waals surface area (Å²) in [5, 5.41) is 2.37. The maximum atomic E-state index is 11.0. The molecule has 0 aromatic rings. The lowest BCUT2D eigenvalue weighted by Gasteiger charge is -2.06. The number of thioether (sulfide) groups is 1. The Kier molecular flexibility index (Phi) is 7.41. The minimum absolute atomic E-state index is 0.154. The molecule has 14 heavy (non-hydrogen) atoms. The Labute approximate surface area is 90.5 Å². The molecule has 80 valence electrons. The summed E-state index contributed by atoms with van der Waals surface area (Å²) < 4.78 is 4.63. The highest BCUT2D eigenvalue weighted by Gasteiger charge is 2.28. The van der Waals surface area contributed by atoms with Crippen LogP contribution in [0.3, 0.4) is 0 Å². The second-order valence-electron chi connectivity index (χ2n) is 2.27. The number of carbonyl (C=O) groups excluding carboxylic acids is 2. The first kappa shape index (κ1) is 13.4. The Balaban J connectivity index is 4.05. The summed E-state index contributed by atoms with van der Waals surface area (Å²) in [6.45, 7) is 0.154. The van der Waals surface area contributed by atoms with E-state index < -0.39 is 23.7 Å². The van der Waals surface area contributed by atoms with Gasteiger partial charge in [0.2, 0.25) is 6.04 Å². The highest BCUT2D eigenvalue weighted by molar-refractivity contribution is 7.98. The number of hydrogen-bond donors (Lipinski definition) is 0. The van der Waals surface area contributed by atoms with Crippen LogP contribution in [0.5, 0.6) is 0 Å². The van der Waals surface area contributed by atoms with Crippen molar-refractivity contribution >= 4 is 35.1 Å². The van der Waals surface area contributed by atoms with Gasteiger partial charge in [-0.3, -0.25) is 4.79 Å². The van der Waals surface area contributed by atoms with E-state index >= 15 is 0 Å². The lowest BCUT2D eigenvalue weighted by atomic mass is 10.2. The predicted molar refractivity (Wildman–Crippen MR) is 54.7 cm³/mol. The molecule has 0 heterocycles. The van der Waals surface area contributed by atoms with Crippen LogP contribution >= 0.6 is 23.4 Å². The highest BCUT2D eigenvalue weighted by atomic mass is 35.5. The standard InChI is InChI=1S/C7H10ClNO4S/c1-14-3-2-13-7(11)6(9-12)5(10)4-8/h6H,2-4H2,1H3. The summed E-state index contributed by atoms with van der Waals surface area (Å²) in [5.74, 6) is -1.49. The molecule has 0 aromatic carbocycles. The van der Waals surface area contributed by atoms with E-state index in [1.54, 1.807) is 0 Å². The second kappa shape index (κ2) is 7.75. The van der Waals surface area contributed by atoms with Crippen LogP contribution in [-0.2, 0) is 14.3 Å². The number of halogens is 1. The van der Waals surface area contributed by atoms with Crippen molar-refractivity contribution in [1.29, 1.82) is 0 Å². The van der Waals surface area contributed by atoms with Crippen LogP contribution in [-0.4, -0.2) is 42.3 Å². The van der Waals surface area contributed by atoms with Crippen LogP contribution in [0.15, 0.2) is 5.18 Å². The molecule has 0 spiro atoms. The van der Waals surface area contributed by atoms with Gasteiger partial charge in [-0.2, -0.15) is 11.8 Å². The third-order valence-corrected chi connectivity index (χ3v) is 2.14.